The van der Waals surface area contributed by atoms with Gasteiger partial charge in [-0.15, -0.1) is 11.3 Å². The van der Waals surface area contributed by atoms with Gasteiger partial charge in [0.15, 0.2) is 0 Å². The summed E-state index contributed by atoms with van der Waals surface area (Å²) in [5, 5.41) is 2.67. The van der Waals surface area contributed by atoms with Crippen molar-refractivity contribution in [2.24, 2.45) is 0 Å². The molecular weight excluding hydrogens is 358 g/mol. The Morgan fingerprint density at radius 1 is 1.40 bits per heavy atom. The van der Waals surface area contributed by atoms with Crippen LogP contribution < -0.4 is 10.0 Å². The molecule has 2 N–H and O–H groups in total. The Hall–Kier alpha value is -1.22. The normalized spacial score (nSPS) is 18.3. The van der Waals surface area contributed by atoms with Gasteiger partial charge >= 0.3 is 0 Å². The van der Waals surface area contributed by atoms with Crippen LogP contribution in [0.4, 0.5) is 0 Å². The topological polar surface area (TPSA) is 78.5 Å². The van der Waals surface area contributed by atoms with Crippen LogP contribution in [-0.4, -0.2) is 51.7 Å². The molecule has 2 rings (SSSR count). The SMILES string of the molecule is CNS(=O)(=O)CCNC(=O)c1ccc([C@H]2CCCN2CC=C(C)C)s1. The summed E-state index contributed by atoms with van der Waals surface area (Å²) in [6.07, 6.45) is 4.52. The van der Waals surface area contributed by atoms with Gasteiger partial charge in [0.2, 0.25) is 10.0 Å². The van der Waals surface area contributed by atoms with Gasteiger partial charge in [-0.2, -0.15) is 0 Å². The Morgan fingerprint density at radius 3 is 2.84 bits per heavy atom. The fourth-order valence-corrected chi connectivity index (χ4v) is 4.48. The largest absolute Gasteiger partial charge is 0.350 e. The zero-order valence-electron chi connectivity index (χ0n) is 15.0. The van der Waals surface area contributed by atoms with E-state index >= 15 is 0 Å². The van der Waals surface area contributed by atoms with Crippen molar-refractivity contribution in [3.63, 3.8) is 0 Å². The van der Waals surface area contributed by atoms with E-state index in [0.717, 1.165) is 19.5 Å². The van der Waals surface area contributed by atoms with Crippen molar-refractivity contribution >= 4 is 27.3 Å². The molecule has 1 fully saturated rings. The van der Waals surface area contributed by atoms with Crippen molar-refractivity contribution in [2.75, 3.05) is 32.4 Å². The highest BCUT2D eigenvalue weighted by molar-refractivity contribution is 7.89. The quantitative estimate of drug-likeness (QED) is 0.672. The van der Waals surface area contributed by atoms with Gasteiger partial charge in [0.05, 0.1) is 10.6 Å². The maximum absolute atomic E-state index is 12.2. The number of carbonyl (C=O) groups is 1. The molecule has 1 aliphatic heterocycles. The molecule has 1 amide bonds. The molecule has 0 aromatic carbocycles. The highest BCUT2D eigenvalue weighted by atomic mass is 32.2. The van der Waals surface area contributed by atoms with E-state index in [4.69, 9.17) is 0 Å². The number of carbonyl (C=O) groups excluding carboxylic acids is 1. The first-order valence-electron chi connectivity index (χ1n) is 8.49. The zero-order valence-corrected chi connectivity index (χ0v) is 16.7. The van der Waals surface area contributed by atoms with Crippen LogP contribution in [0, 0.1) is 0 Å². The lowest BCUT2D eigenvalue weighted by atomic mass is 10.2. The van der Waals surface area contributed by atoms with Crippen molar-refractivity contribution in [3.05, 3.63) is 33.5 Å². The summed E-state index contributed by atoms with van der Waals surface area (Å²) in [7, 11) is -1.93. The molecule has 1 saturated heterocycles. The molecule has 0 aliphatic carbocycles. The van der Waals surface area contributed by atoms with Crippen molar-refractivity contribution < 1.29 is 13.2 Å². The van der Waals surface area contributed by atoms with Crippen LogP contribution >= 0.6 is 11.3 Å². The van der Waals surface area contributed by atoms with E-state index in [-0.39, 0.29) is 18.2 Å². The summed E-state index contributed by atoms with van der Waals surface area (Å²) in [5.74, 6) is -0.330. The number of amides is 1. The van der Waals surface area contributed by atoms with Crippen LogP contribution in [0.2, 0.25) is 0 Å². The third-order valence-electron chi connectivity index (χ3n) is 4.24. The summed E-state index contributed by atoms with van der Waals surface area (Å²) in [4.78, 5) is 16.5. The first-order valence-corrected chi connectivity index (χ1v) is 11.0. The van der Waals surface area contributed by atoms with Gasteiger partial charge in [-0.3, -0.25) is 9.69 Å². The van der Waals surface area contributed by atoms with Crippen LogP contribution in [0.1, 0.15) is 47.3 Å². The smallest absolute Gasteiger partial charge is 0.261 e. The minimum Gasteiger partial charge on any atom is -0.350 e. The lowest BCUT2D eigenvalue weighted by molar-refractivity contribution is 0.0960. The van der Waals surface area contributed by atoms with E-state index < -0.39 is 10.0 Å². The van der Waals surface area contributed by atoms with Crippen LogP contribution in [0.3, 0.4) is 0 Å². The highest BCUT2D eigenvalue weighted by Gasteiger charge is 2.27. The van der Waals surface area contributed by atoms with E-state index in [0.29, 0.717) is 10.9 Å². The minimum atomic E-state index is -3.30. The summed E-state index contributed by atoms with van der Waals surface area (Å²) in [5.41, 5.74) is 1.31. The minimum absolute atomic E-state index is 0.103. The number of likely N-dealkylation sites (tertiary alicyclic amines) is 1. The molecule has 1 aromatic heterocycles. The van der Waals surface area contributed by atoms with E-state index in [2.05, 4.69) is 34.9 Å². The summed E-state index contributed by atoms with van der Waals surface area (Å²) in [6, 6.07) is 4.22. The Labute approximate surface area is 154 Å². The molecule has 0 saturated carbocycles. The molecule has 8 heteroatoms. The summed E-state index contributed by atoms with van der Waals surface area (Å²) < 4.78 is 25.0. The molecule has 2 heterocycles. The molecule has 1 aromatic rings. The molecule has 0 spiro atoms. The van der Waals surface area contributed by atoms with E-state index in [1.165, 1.54) is 35.3 Å². The number of thiophene rings is 1. The highest BCUT2D eigenvalue weighted by Crippen LogP contribution is 2.35. The molecule has 0 unspecified atom stereocenters. The number of nitrogens with zero attached hydrogens (tertiary/aromatic N) is 1. The molecule has 25 heavy (non-hydrogen) atoms. The van der Waals surface area contributed by atoms with Gasteiger partial charge in [0.1, 0.15) is 0 Å². The predicted molar refractivity (Wildman–Crippen MR) is 102 cm³/mol. The Bertz CT molecular complexity index is 721. The fourth-order valence-electron chi connectivity index (χ4n) is 2.81. The monoisotopic (exact) mass is 385 g/mol. The second-order valence-electron chi connectivity index (χ2n) is 6.42. The van der Waals surface area contributed by atoms with Crippen LogP contribution in [0.25, 0.3) is 0 Å². The number of sulfonamides is 1. The summed E-state index contributed by atoms with van der Waals surface area (Å²) >= 11 is 1.50. The van der Waals surface area contributed by atoms with E-state index in [9.17, 15) is 13.2 Å². The molecule has 6 nitrogen and oxygen atoms in total. The maximum Gasteiger partial charge on any atom is 0.261 e. The standard InChI is InChI=1S/C17H27N3O3S2/c1-13(2)8-11-20-10-4-5-14(20)15-6-7-16(24-15)17(21)19-9-12-25(22,23)18-3/h6-8,14,18H,4-5,9-12H2,1-3H3,(H,19,21)/t14-/m1/s1. The molecular formula is C17H27N3O3S2. The van der Waals surface area contributed by atoms with Crippen molar-refractivity contribution in [1.29, 1.82) is 0 Å². The number of rotatable bonds is 8. The lowest BCUT2D eigenvalue weighted by Crippen LogP contribution is -2.32. The second kappa shape index (κ2) is 8.93. The number of allylic oxidation sites excluding steroid dienone is 1. The number of nitrogens with one attached hydrogen (secondary N) is 2. The van der Waals surface area contributed by atoms with E-state index in [1.54, 1.807) is 0 Å². The average molecular weight is 386 g/mol. The lowest BCUT2D eigenvalue weighted by Gasteiger charge is -2.22. The molecule has 0 radical (unpaired) electrons. The first kappa shape index (κ1) is 20.1. The molecule has 0 bridgehead atoms. The third-order valence-corrected chi connectivity index (χ3v) is 6.79. The van der Waals surface area contributed by atoms with Gasteiger partial charge in [-0.25, -0.2) is 13.1 Å². The second-order valence-corrected chi connectivity index (χ2v) is 9.58. The average Bonchev–Trinajstić information content (AvgIpc) is 3.21. The van der Waals surface area contributed by atoms with Gasteiger partial charge in [0.25, 0.3) is 5.91 Å². The number of hydrogen-bond acceptors (Lipinski definition) is 5. The van der Waals surface area contributed by atoms with Gasteiger partial charge in [0, 0.05) is 24.0 Å². The van der Waals surface area contributed by atoms with Crippen LogP contribution in [0.15, 0.2) is 23.8 Å². The van der Waals surface area contributed by atoms with Gasteiger partial charge < -0.3 is 5.32 Å². The van der Waals surface area contributed by atoms with Crippen molar-refractivity contribution in [1.82, 2.24) is 14.9 Å². The molecule has 140 valence electrons. The first-order chi connectivity index (χ1) is 11.8. The third kappa shape index (κ3) is 5.91. The van der Waals surface area contributed by atoms with Crippen LogP contribution in [0.5, 0.6) is 0 Å². The van der Waals surface area contributed by atoms with E-state index in [1.807, 2.05) is 12.1 Å². The zero-order chi connectivity index (χ0) is 18.4. The predicted octanol–water partition coefficient (Wildman–Crippen LogP) is 2.13. The van der Waals surface area contributed by atoms with Gasteiger partial charge in [-0.1, -0.05) is 11.6 Å². The van der Waals surface area contributed by atoms with Crippen molar-refractivity contribution in [3.8, 4) is 0 Å². The molecule has 1 aliphatic rings. The fraction of sp³-hybridized carbons (Fsp3) is 0.588. The van der Waals surface area contributed by atoms with Crippen LogP contribution in [-0.2, 0) is 10.0 Å². The summed E-state index contributed by atoms with van der Waals surface area (Å²) in [6.45, 7) is 6.33. The maximum atomic E-state index is 12.2. The number of hydrogen-bond donors (Lipinski definition) is 2. The van der Waals surface area contributed by atoms with Crippen molar-refractivity contribution in [2.45, 2.75) is 32.7 Å². The Balaban J connectivity index is 1.94. The van der Waals surface area contributed by atoms with Gasteiger partial charge in [-0.05, 0) is 52.4 Å². The molecule has 1 atom stereocenters. The Kier molecular flexibility index (Phi) is 7.18. The Morgan fingerprint density at radius 2 is 2.16 bits per heavy atom.